The molecule has 3 rings (SSSR count). The summed E-state index contributed by atoms with van der Waals surface area (Å²) in [7, 11) is 0. The maximum atomic E-state index is 12.0. The standard InChI is InChI=1S/C17H14ClN3OS/c18-15-8-6-13(7-9-15)10-19-20-17-21(16(22)12-23-17)11-14-4-2-1-3-5-14/h1-10H,11-12H2/b19-10-,20-17-. The summed E-state index contributed by atoms with van der Waals surface area (Å²) >= 11 is 7.25. The predicted molar refractivity (Wildman–Crippen MR) is 95.9 cm³/mol. The Morgan fingerprint density at radius 2 is 1.87 bits per heavy atom. The highest BCUT2D eigenvalue weighted by Crippen LogP contribution is 2.22. The molecule has 1 saturated heterocycles. The van der Waals surface area contributed by atoms with Crippen LogP contribution in [0.3, 0.4) is 0 Å². The SMILES string of the molecule is O=C1CS/C(=N\N=C/c2ccc(Cl)cc2)N1Cc1ccccc1. The van der Waals surface area contributed by atoms with Gasteiger partial charge < -0.3 is 0 Å². The zero-order valence-electron chi connectivity index (χ0n) is 12.2. The summed E-state index contributed by atoms with van der Waals surface area (Å²) in [6.45, 7) is 0.516. The quantitative estimate of drug-likeness (QED) is 0.626. The van der Waals surface area contributed by atoms with Gasteiger partial charge in [0.2, 0.25) is 5.91 Å². The average molecular weight is 344 g/mol. The van der Waals surface area contributed by atoms with E-state index in [4.69, 9.17) is 11.6 Å². The van der Waals surface area contributed by atoms with E-state index in [1.54, 1.807) is 23.2 Å². The third-order valence-corrected chi connectivity index (χ3v) is 4.46. The van der Waals surface area contributed by atoms with Gasteiger partial charge in [0.25, 0.3) is 0 Å². The summed E-state index contributed by atoms with van der Waals surface area (Å²) < 4.78 is 0. The normalized spacial score (nSPS) is 16.7. The second-order valence-corrected chi connectivity index (χ2v) is 6.31. The Balaban J connectivity index is 1.72. The number of rotatable bonds is 4. The summed E-state index contributed by atoms with van der Waals surface area (Å²) in [5, 5.41) is 9.58. The van der Waals surface area contributed by atoms with Gasteiger partial charge in [-0.1, -0.05) is 65.8 Å². The lowest BCUT2D eigenvalue weighted by molar-refractivity contribution is -0.124. The topological polar surface area (TPSA) is 45.0 Å². The van der Waals surface area contributed by atoms with Crippen LogP contribution < -0.4 is 0 Å². The lowest BCUT2D eigenvalue weighted by Gasteiger charge is -2.14. The van der Waals surface area contributed by atoms with Crippen LogP contribution in [0.5, 0.6) is 0 Å². The molecule has 116 valence electrons. The molecule has 0 saturated carbocycles. The summed E-state index contributed by atoms with van der Waals surface area (Å²) in [5.74, 6) is 0.460. The number of carbonyl (C=O) groups is 1. The molecule has 1 amide bonds. The van der Waals surface area contributed by atoms with Gasteiger partial charge in [-0.2, -0.15) is 5.10 Å². The highest BCUT2D eigenvalue weighted by atomic mass is 35.5. The van der Waals surface area contributed by atoms with Crippen LogP contribution in [0, 0.1) is 0 Å². The van der Waals surface area contributed by atoms with Gasteiger partial charge >= 0.3 is 0 Å². The third kappa shape index (κ3) is 4.21. The van der Waals surface area contributed by atoms with Crippen molar-refractivity contribution < 1.29 is 4.79 Å². The van der Waals surface area contributed by atoms with Crippen LogP contribution >= 0.6 is 23.4 Å². The summed E-state index contributed by atoms with van der Waals surface area (Å²) in [6.07, 6.45) is 1.65. The monoisotopic (exact) mass is 343 g/mol. The Bertz CT molecular complexity index is 744. The van der Waals surface area contributed by atoms with Crippen LogP contribution in [0.25, 0.3) is 0 Å². The van der Waals surface area contributed by atoms with Crippen molar-refractivity contribution in [3.05, 3.63) is 70.7 Å². The minimum Gasteiger partial charge on any atom is -0.285 e. The lowest BCUT2D eigenvalue weighted by atomic mass is 10.2. The Hall–Kier alpha value is -2.11. The molecule has 2 aromatic rings. The van der Waals surface area contributed by atoms with E-state index >= 15 is 0 Å². The Kier molecular flexibility index (Phi) is 5.10. The van der Waals surface area contributed by atoms with Crippen LogP contribution in [0.2, 0.25) is 5.02 Å². The van der Waals surface area contributed by atoms with E-state index < -0.39 is 0 Å². The zero-order valence-corrected chi connectivity index (χ0v) is 13.8. The second kappa shape index (κ2) is 7.44. The van der Waals surface area contributed by atoms with E-state index in [1.807, 2.05) is 42.5 Å². The molecular weight excluding hydrogens is 330 g/mol. The van der Waals surface area contributed by atoms with Crippen molar-refractivity contribution >= 4 is 40.7 Å². The number of amidine groups is 1. The minimum atomic E-state index is 0.0549. The van der Waals surface area contributed by atoms with Gasteiger partial charge in [0.15, 0.2) is 5.17 Å². The highest BCUT2D eigenvalue weighted by Gasteiger charge is 2.28. The number of hydrogen-bond acceptors (Lipinski definition) is 4. The summed E-state index contributed by atoms with van der Waals surface area (Å²) in [5.41, 5.74) is 1.97. The average Bonchev–Trinajstić information content (AvgIpc) is 2.91. The first-order valence-electron chi connectivity index (χ1n) is 7.06. The Morgan fingerprint density at radius 3 is 2.61 bits per heavy atom. The van der Waals surface area contributed by atoms with E-state index in [2.05, 4.69) is 10.2 Å². The fourth-order valence-electron chi connectivity index (χ4n) is 2.09. The summed E-state index contributed by atoms with van der Waals surface area (Å²) in [6, 6.07) is 17.2. The zero-order chi connectivity index (χ0) is 16.1. The van der Waals surface area contributed by atoms with Crippen LogP contribution in [-0.2, 0) is 11.3 Å². The van der Waals surface area contributed by atoms with Crippen molar-refractivity contribution in [2.75, 3.05) is 5.75 Å². The van der Waals surface area contributed by atoms with Gasteiger partial charge in [0.1, 0.15) is 0 Å². The molecule has 1 aliphatic heterocycles. The first-order valence-corrected chi connectivity index (χ1v) is 8.42. The molecule has 0 unspecified atom stereocenters. The van der Waals surface area contributed by atoms with Crippen molar-refractivity contribution in [2.45, 2.75) is 6.54 Å². The molecule has 1 heterocycles. The fraction of sp³-hybridized carbons (Fsp3) is 0.118. The van der Waals surface area contributed by atoms with Crippen LogP contribution in [-0.4, -0.2) is 27.9 Å². The van der Waals surface area contributed by atoms with Crippen LogP contribution in [0.1, 0.15) is 11.1 Å². The number of benzene rings is 2. The van der Waals surface area contributed by atoms with Crippen LogP contribution in [0.4, 0.5) is 0 Å². The molecule has 1 aliphatic rings. The third-order valence-electron chi connectivity index (χ3n) is 3.26. The lowest BCUT2D eigenvalue weighted by Crippen LogP contribution is -2.28. The predicted octanol–water partition coefficient (Wildman–Crippen LogP) is 3.81. The van der Waals surface area contributed by atoms with Crippen molar-refractivity contribution in [1.29, 1.82) is 0 Å². The van der Waals surface area contributed by atoms with E-state index in [-0.39, 0.29) is 5.91 Å². The van der Waals surface area contributed by atoms with Gasteiger partial charge in [-0.15, -0.1) is 5.10 Å². The smallest absolute Gasteiger partial charge is 0.239 e. The van der Waals surface area contributed by atoms with Crippen molar-refractivity contribution in [3.8, 4) is 0 Å². The van der Waals surface area contributed by atoms with Gasteiger partial charge in [-0.3, -0.25) is 9.69 Å². The molecule has 1 fully saturated rings. The molecule has 4 nitrogen and oxygen atoms in total. The van der Waals surface area contributed by atoms with Gasteiger partial charge in [0.05, 0.1) is 18.5 Å². The molecule has 23 heavy (non-hydrogen) atoms. The molecule has 0 aromatic heterocycles. The Morgan fingerprint density at radius 1 is 1.13 bits per heavy atom. The van der Waals surface area contributed by atoms with E-state index in [1.165, 1.54) is 11.8 Å². The minimum absolute atomic E-state index is 0.0549. The summed E-state index contributed by atoms with van der Waals surface area (Å²) in [4.78, 5) is 13.7. The van der Waals surface area contributed by atoms with Crippen LogP contribution in [0.15, 0.2) is 64.8 Å². The number of nitrogens with zero attached hydrogens (tertiary/aromatic N) is 3. The van der Waals surface area contributed by atoms with Gasteiger partial charge in [-0.25, -0.2) is 0 Å². The molecule has 0 spiro atoms. The number of thioether (sulfide) groups is 1. The molecule has 0 radical (unpaired) electrons. The van der Waals surface area contributed by atoms with Crippen molar-refractivity contribution in [3.63, 3.8) is 0 Å². The number of amides is 1. The number of carbonyl (C=O) groups excluding carboxylic acids is 1. The molecule has 2 aromatic carbocycles. The molecule has 0 bridgehead atoms. The van der Waals surface area contributed by atoms with Crippen molar-refractivity contribution in [1.82, 2.24) is 4.90 Å². The van der Waals surface area contributed by atoms with E-state index in [0.29, 0.717) is 22.5 Å². The molecule has 0 aliphatic carbocycles. The molecule has 0 atom stereocenters. The fourth-order valence-corrected chi connectivity index (χ4v) is 3.05. The van der Waals surface area contributed by atoms with Gasteiger partial charge in [-0.05, 0) is 23.3 Å². The van der Waals surface area contributed by atoms with E-state index in [0.717, 1.165) is 11.1 Å². The Labute approximate surface area is 143 Å². The maximum absolute atomic E-state index is 12.0. The molecular formula is C17H14ClN3OS. The first kappa shape index (κ1) is 15.8. The van der Waals surface area contributed by atoms with Crippen molar-refractivity contribution in [2.24, 2.45) is 10.2 Å². The second-order valence-electron chi connectivity index (χ2n) is 4.93. The molecule has 0 N–H and O–H groups in total. The van der Waals surface area contributed by atoms with E-state index in [9.17, 15) is 4.79 Å². The molecule has 6 heteroatoms. The highest BCUT2D eigenvalue weighted by molar-refractivity contribution is 8.15. The number of hydrogen-bond donors (Lipinski definition) is 0. The first-order chi connectivity index (χ1) is 11.2. The number of halogens is 1. The van der Waals surface area contributed by atoms with Gasteiger partial charge in [0, 0.05) is 5.02 Å². The largest absolute Gasteiger partial charge is 0.285 e. The maximum Gasteiger partial charge on any atom is 0.239 e.